The molecule has 1 amide bonds. The van der Waals surface area contributed by atoms with Crippen molar-refractivity contribution in [2.24, 2.45) is 0 Å². The van der Waals surface area contributed by atoms with Gasteiger partial charge in [0.2, 0.25) is 5.88 Å². The Morgan fingerprint density at radius 1 is 1.02 bits per heavy atom. The van der Waals surface area contributed by atoms with Crippen molar-refractivity contribution in [1.29, 1.82) is 5.26 Å². The summed E-state index contributed by atoms with van der Waals surface area (Å²) >= 11 is 0. The molecule has 65 heavy (non-hydrogen) atoms. The van der Waals surface area contributed by atoms with Crippen molar-refractivity contribution in [1.82, 2.24) is 24.3 Å². The van der Waals surface area contributed by atoms with Crippen LogP contribution in [-0.2, 0) is 16.0 Å². The minimum absolute atomic E-state index is 0.0116. The van der Waals surface area contributed by atoms with Gasteiger partial charge in [-0.15, -0.1) is 5.54 Å². The molecule has 2 aromatic heterocycles. The molecule has 15 heteroatoms. The van der Waals surface area contributed by atoms with Crippen LogP contribution < -0.4 is 14.4 Å². The fraction of sp³-hybridized carbons (Fsp3) is 0.600. The fourth-order valence-electron chi connectivity index (χ4n) is 11.7. The molecule has 4 fully saturated rings. The highest BCUT2D eigenvalue weighted by Gasteiger charge is 2.50. The van der Waals surface area contributed by atoms with E-state index in [2.05, 4.69) is 68.9 Å². The Bertz CT molecular complexity index is 2520. The number of nitrogens with zero attached hydrogens (tertiary/aromatic N) is 7. The van der Waals surface area contributed by atoms with Crippen molar-refractivity contribution in [2.45, 2.75) is 147 Å². The summed E-state index contributed by atoms with van der Waals surface area (Å²) in [4.78, 5) is 29.6. The van der Waals surface area contributed by atoms with E-state index in [0.29, 0.717) is 81.8 Å². The van der Waals surface area contributed by atoms with Crippen molar-refractivity contribution >= 4 is 41.8 Å². The molecule has 348 valence electrons. The molecule has 4 atom stereocenters. The third-order valence-corrected chi connectivity index (χ3v) is 20.8. The minimum Gasteiger partial charge on any atom is -0.474 e. The zero-order chi connectivity index (χ0) is 46.6. The van der Waals surface area contributed by atoms with Crippen LogP contribution in [0, 0.1) is 28.6 Å². The Kier molecular flexibility index (Phi) is 12.9. The Balaban J connectivity index is 1.27. The molecule has 4 saturated heterocycles. The predicted molar refractivity (Wildman–Crippen MR) is 251 cm³/mol. The molecule has 0 radical (unpaired) electrons. The van der Waals surface area contributed by atoms with Gasteiger partial charge in [-0.25, -0.2) is 18.6 Å². The minimum atomic E-state index is -2.26. The highest BCUT2D eigenvalue weighted by molar-refractivity contribution is 6.90. The first-order valence-electron chi connectivity index (χ1n) is 23.4. The molecule has 2 bridgehead atoms. The molecular formula is C50H65F2N7O5Si. The van der Waals surface area contributed by atoms with Gasteiger partial charge in [0.15, 0.2) is 18.1 Å². The number of ether oxygens (including phenoxy) is 4. The number of anilines is 1. The van der Waals surface area contributed by atoms with E-state index >= 15 is 4.39 Å². The quantitative estimate of drug-likeness (QED) is 0.0773. The summed E-state index contributed by atoms with van der Waals surface area (Å²) < 4.78 is 57.1. The van der Waals surface area contributed by atoms with E-state index in [1.807, 2.05) is 42.4 Å². The lowest BCUT2D eigenvalue weighted by Gasteiger charge is -2.42. The van der Waals surface area contributed by atoms with Crippen LogP contribution in [0.15, 0.2) is 30.6 Å². The number of fused-ring (bicyclic) bond motifs is 5. The van der Waals surface area contributed by atoms with E-state index in [0.717, 1.165) is 43.2 Å². The standard InChI is InChI=1S/C50H65F2N7O5Si/c1-31(2)65(32(3)4,33(5)6)19-16-40-42(52)15-12-34-20-39(63-30-61-10)21-35(43(34)40)24-57-29-54-44-45(57)41(23-53)46(55-47(44)62-28-50-17-11-18-58(50)25-36(51)22-50)56-26-37-13-14-38(27-56)59(37)48(60)64-49(7,8)9/h12,15,20-21,29,31-33,36-38H,11,13-14,17-18,22,24-28,30H2,1-10H3/t36-,37-,38+,50+/m1/s1. The Morgan fingerprint density at radius 2 is 1.72 bits per heavy atom. The number of carbonyl (C=O) groups is 1. The van der Waals surface area contributed by atoms with Crippen molar-refractivity contribution < 1.29 is 32.5 Å². The van der Waals surface area contributed by atoms with Gasteiger partial charge in [0.1, 0.15) is 49.7 Å². The number of benzene rings is 2. The van der Waals surface area contributed by atoms with E-state index in [-0.39, 0.29) is 44.0 Å². The van der Waals surface area contributed by atoms with Gasteiger partial charge in [-0.2, -0.15) is 10.2 Å². The number of rotatable bonds is 12. The molecule has 0 spiro atoms. The summed E-state index contributed by atoms with van der Waals surface area (Å²) in [6.45, 7) is 21.5. The van der Waals surface area contributed by atoms with Gasteiger partial charge in [-0.3, -0.25) is 9.80 Å². The van der Waals surface area contributed by atoms with Crippen LogP contribution in [0.1, 0.15) is 111 Å². The summed E-state index contributed by atoms with van der Waals surface area (Å²) in [5, 5.41) is 12.6. The summed E-state index contributed by atoms with van der Waals surface area (Å²) in [5.74, 6) is 4.26. The number of hydrogen-bond acceptors (Lipinski definition) is 10. The summed E-state index contributed by atoms with van der Waals surface area (Å²) in [5.41, 5.74) is 5.97. The molecule has 4 aromatic rings. The van der Waals surface area contributed by atoms with Crippen molar-refractivity contribution in [2.75, 3.05) is 51.6 Å². The van der Waals surface area contributed by atoms with Crippen molar-refractivity contribution in [3.8, 4) is 29.2 Å². The van der Waals surface area contributed by atoms with Crippen molar-refractivity contribution in [3.05, 3.63) is 53.1 Å². The first kappa shape index (κ1) is 46.6. The number of piperazine rings is 1. The number of halogens is 2. The lowest BCUT2D eigenvalue weighted by molar-refractivity contribution is 0.0122. The summed E-state index contributed by atoms with van der Waals surface area (Å²) in [7, 11) is -0.707. The molecule has 0 N–H and O–H groups in total. The molecule has 6 heterocycles. The first-order chi connectivity index (χ1) is 30.9. The highest BCUT2D eigenvalue weighted by Crippen LogP contribution is 2.44. The second-order valence-electron chi connectivity index (χ2n) is 20.6. The maximum Gasteiger partial charge on any atom is 0.410 e. The van der Waals surface area contributed by atoms with Gasteiger partial charge in [0.05, 0.1) is 35.0 Å². The highest BCUT2D eigenvalue weighted by atomic mass is 28.3. The number of hydrogen-bond donors (Lipinski definition) is 0. The van der Waals surface area contributed by atoms with E-state index in [1.54, 1.807) is 19.5 Å². The van der Waals surface area contributed by atoms with Gasteiger partial charge < -0.3 is 28.4 Å². The molecular weight excluding hydrogens is 845 g/mol. The number of methoxy groups -OCH3 is 1. The van der Waals surface area contributed by atoms with Gasteiger partial charge in [0.25, 0.3) is 0 Å². The number of amides is 1. The van der Waals surface area contributed by atoms with Gasteiger partial charge >= 0.3 is 6.09 Å². The zero-order valence-corrected chi connectivity index (χ0v) is 40.8. The molecule has 4 aliphatic rings. The van der Waals surface area contributed by atoms with Crippen LogP contribution in [0.3, 0.4) is 0 Å². The van der Waals surface area contributed by atoms with Crippen LogP contribution in [0.4, 0.5) is 19.4 Å². The Labute approximate surface area is 383 Å². The molecule has 0 aliphatic carbocycles. The number of carbonyl (C=O) groups excluding carboxylic acids is 1. The third kappa shape index (κ3) is 8.65. The van der Waals surface area contributed by atoms with Crippen molar-refractivity contribution in [3.63, 3.8) is 0 Å². The van der Waals surface area contributed by atoms with Crippen LogP contribution in [-0.4, -0.2) is 115 Å². The smallest absolute Gasteiger partial charge is 0.410 e. The third-order valence-electron chi connectivity index (χ3n) is 14.5. The average Bonchev–Trinajstić information content (AvgIpc) is 3.98. The second kappa shape index (κ2) is 18.0. The predicted octanol–water partition coefficient (Wildman–Crippen LogP) is 9.74. The number of aromatic nitrogens is 3. The summed E-state index contributed by atoms with van der Waals surface area (Å²) in [6.07, 6.45) is 4.14. The maximum atomic E-state index is 16.4. The normalized spacial score (nSPS) is 22.3. The van der Waals surface area contributed by atoms with Crippen LogP contribution >= 0.6 is 0 Å². The average molecular weight is 910 g/mol. The molecule has 4 aliphatic heterocycles. The topological polar surface area (TPSA) is 118 Å². The van der Waals surface area contributed by atoms with Gasteiger partial charge in [-0.1, -0.05) is 53.5 Å². The number of imidazole rings is 1. The molecule has 0 unspecified atom stereocenters. The SMILES string of the molecule is COCOc1cc(Cn2cnc3c(OC[C@@]45CCCN4C[C@H](F)C5)nc(N4C[C@H]5CC[C@@H](C4)N5C(=O)OC(C)(C)C)c(C#N)c32)c2c(C#C[Si](C(C)C)(C(C)C)C(C)C)c(F)ccc2c1. The number of nitriles is 1. The lowest BCUT2D eigenvalue weighted by Crippen LogP contribution is -2.57. The van der Waals surface area contributed by atoms with E-state index in [1.165, 1.54) is 6.07 Å². The largest absolute Gasteiger partial charge is 0.474 e. The first-order valence-corrected chi connectivity index (χ1v) is 25.6. The Morgan fingerprint density at radius 3 is 2.37 bits per heavy atom. The molecule has 8 rings (SSSR count). The number of alkyl halides is 1. The Hall–Kier alpha value is -4.96. The molecule has 0 saturated carbocycles. The van der Waals surface area contributed by atoms with Crippen LogP contribution in [0.2, 0.25) is 16.6 Å². The monoisotopic (exact) mass is 909 g/mol. The maximum absolute atomic E-state index is 16.4. The van der Waals surface area contributed by atoms with Crippen LogP contribution in [0.5, 0.6) is 11.6 Å². The molecule has 2 aromatic carbocycles. The summed E-state index contributed by atoms with van der Waals surface area (Å²) in [6, 6.07) is 9.18. The molecule has 12 nitrogen and oxygen atoms in total. The van der Waals surface area contributed by atoms with Gasteiger partial charge in [-0.05, 0) is 98.8 Å². The lowest BCUT2D eigenvalue weighted by atomic mass is 9.95. The number of pyridine rings is 1. The van der Waals surface area contributed by atoms with E-state index in [4.69, 9.17) is 28.9 Å². The fourth-order valence-corrected chi connectivity index (χ4v) is 17.0. The van der Waals surface area contributed by atoms with E-state index in [9.17, 15) is 14.4 Å². The zero-order valence-electron chi connectivity index (χ0n) is 39.8. The van der Waals surface area contributed by atoms with E-state index < -0.39 is 31.2 Å². The second-order valence-corrected chi connectivity index (χ2v) is 26.2. The van der Waals surface area contributed by atoms with Crippen LogP contribution in [0.25, 0.3) is 21.8 Å². The van der Waals surface area contributed by atoms with Gasteiger partial charge in [0, 0.05) is 45.1 Å².